The topological polar surface area (TPSA) is 158 Å². The van der Waals surface area contributed by atoms with Crippen LogP contribution in [0, 0.1) is 44.5 Å². The molecule has 4 aromatic carbocycles. The van der Waals surface area contributed by atoms with Crippen molar-refractivity contribution in [2.45, 2.75) is 0 Å². The van der Waals surface area contributed by atoms with Gasteiger partial charge in [-0.25, -0.2) is 36.4 Å². The molecule has 4 N–H and O–H groups in total. The number of hydrogen-bond donors (Lipinski definition) is 2. The predicted octanol–water partition coefficient (Wildman–Crippen LogP) is 3.30. The Hall–Kier alpha value is -2.81. The summed E-state index contributed by atoms with van der Waals surface area (Å²) >= 11 is 0. The molecule has 4 aromatic rings. The first-order valence-corrected chi connectivity index (χ1v) is 7.46. The van der Waals surface area contributed by atoms with E-state index in [0.29, 0.717) is 0 Å². The summed E-state index contributed by atoms with van der Waals surface area (Å²) < 4.78 is 0. The van der Waals surface area contributed by atoms with Gasteiger partial charge in [0.2, 0.25) is 0 Å². The second kappa shape index (κ2) is 34.7. The molecule has 0 aliphatic carbocycles. The van der Waals surface area contributed by atoms with Crippen molar-refractivity contribution in [3.63, 3.8) is 0 Å². The van der Waals surface area contributed by atoms with Gasteiger partial charge in [-0.15, -0.1) is 20.2 Å². The molecule has 0 aromatic heterocycles. The van der Waals surface area contributed by atoms with E-state index in [0.717, 1.165) is 0 Å². The van der Waals surface area contributed by atoms with Gasteiger partial charge in [0.25, 0.3) is 10.2 Å². The van der Waals surface area contributed by atoms with Crippen molar-refractivity contribution in [2.24, 2.45) is 0 Å². The van der Waals surface area contributed by atoms with E-state index >= 15 is 0 Å². The summed E-state index contributed by atoms with van der Waals surface area (Å²) in [7, 11) is 0. The molecule has 9 nitrogen and oxygen atoms in total. The van der Waals surface area contributed by atoms with Crippen LogP contribution in [-0.4, -0.2) is 26.1 Å². The van der Waals surface area contributed by atoms with Crippen LogP contribution in [0.3, 0.4) is 0 Å². The van der Waals surface area contributed by atoms with Gasteiger partial charge in [-0.2, -0.15) is 54.6 Å². The van der Waals surface area contributed by atoms with E-state index in [1.165, 1.54) is 0 Å². The van der Waals surface area contributed by atoms with Gasteiger partial charge in [0.05, 0.1) is 0 Å². The molecule has 0 aliphatic rings. The Morgan fingerprint density at radius 2 is 0.806 bits per heavy atom. The maximum absolute atomic E-state index is 8.36. The molecule has 168 valence electrons. The van der Waals surface area contributed by atoms with E-state index in [1.807, 2.05) is 91.0 Å². The first-order chi connectivity index (χ1) is 13.5. The van der Waals surface area contributed by atoms with Gasteiger partial charge in [-0.05, 0) is 0 Å². The third-order valence-electron chi connectivity index (χ3n) is 2.02. The molecule has 0 saturated heterocycles. The second-order valence-corrected chi connectivity index (χ2v) is 4.05. The molecular formula is C20H20N2O7Ti2-8. The third kappa shape index (κ3) is 58.4. The zero-order chi connectivity index (χ0) is 21.3. The first kappa shape index (κ1) is 38.8. The number of hydrogen-bond acceptors (Lipinski definition) is 4. The van der Waals surface area contributed by atoms with E-state index in [-0.39, 0.29) is 48.9 Å². The van der Waals surface area contributed by atoms with Crippen LogP contribution in [0.4, 0.5) is 0 Å². The Morgan fingerprint density at radius 1 is 0.613 bits per heavy atom. The molecule has 4 rings (SSSR count). The summed E-state index contributed by atoms with van der Waals surface area (Å²) in [6.07, 6.45) is 0. The van der Waals surface area contributed by atoms with Crippen LogP contribution in [-0.2, 0) is 43.4 Å². The maximum atomic E-state index is 8.36. The summed E-state index contributed by atoms with van der Waals surface area (Å²) in [5, 5.41) is 27.3. The average molecular weight is 496 g/mol. The van der Waals surface area contributed by atoms with Crippen molar-refractivity contribution in [1.82, 2.24) is 0 Å². The van der Waals surface area contributed by atoms with Crippen LogP contribution in [0.5, 0.6) is 0 Å². The summed E-state index contributed by atoms with van der Waals surface area (Å²) in [5.41, 5.74) is 0. The molecular weight excluding hydrogens is 476 g/mol. The summed E-state index contributed by atoms with van der Waals surface area (Å²) in [4.78, 5) is 16.7. The minimum atomic E-state index is -1.50. The van der Waals surface area contributed by atoms with Gasteiger partial charge >= 0.3 is 0 Å². The van der Waals surface area contributed by atoms with Crippen molar-refractivity contribution in [1.29, 1.82) is 0 Å². The van der Waals surface area contributed by atoms with Gasteiger partial charge < -0.3 is 46.2 Å². The van der Waals surface area contributed by atoms with Crippen molar-refractivity contribution >= 4 is 0 Å². The average Bonchev–Trinajstić information content (AvgIpc) is 3.52. The quantitative estimate of drug-likeness (QED) is 0.165. The predicted molar refractivity (Wildman–Crippen MR) is 105 cm³/mol. The number of rotatable bonds is 0. The van der Waals surface area contributed by atoms with Crippen LogP contribution in [0.15, 0.2) is 97.1 Å². The monoisotopic (exact) mass is 496 g/mol. The summed E-state index contributed by atoms with van der Waals surface area (Å²) in [5.74, 6) is 0. The molecule has 0 unspecified atom stereocenters. The summed E-state index contributed by atoms with van der Waals surface area (Å²) in [6, 6.07) is 42.0. The molecule has 0 heterocycles. The Kier molecular flexibility index (Phi) is 43.4. The molecule has 0 radical (unpaired) electrons. The molecule has 11 heteroatoms. The van der Waals surface area contributed by atoms with Gasteiger partial charge in [0.15, 0.2) is 0 Å². The van der Waals surface area contributed by atoms with E-state index in [9.17, 15) is 0 Å². The zero-order valence-electron chi connectivity index (χ0n) is 16.2. The van der Waals surface area contributed by atoms with Crippen LogP contribution in [0.1, 0.15) is 0 Å². The first-order valence-electron chi connectivity index (χ1n) is 7.46. The van der Waals surface area contributed by atoms with E-state index in [2.05, 4.69) is 24.3 Å². The second-order valence-electron chi connectivity index (χ2n) is 4.05. The SMILES string of the molecule is O.O=[N+]([O-])O.O=[N+]([O-])O.[Ti].[Ti].[c-]1[c-][c-][cH-][c-]1.c1cc[cH-]c1.c1cc[cH-]c1.c1cc[cH-]c1. The Balaban J connectivity index is -0.0000000859. The van der Waals surface area contributed by atoms with Crippen molar-refractivity contribution in [2.75, 3.05) is 0 Å². The molecule has 0 bridgehead atoms. The van der Waals surface area contributed by atoms with Crippen molar-refractivity contribution in [3.05, 3.63) is 142 Å². The fourth-order valence-corrected chi connectivity index (χ4v) is 1.14. The van der Waals surface area contributed by atoms with E-state index in [4.69, 9.17) is 30.6 Å². The minimum absolute atomic E-state index is 0. The van der Waals surface area contributed by atoms with Crippen molar-refractivity contribution < 1.29 is 69.5 Å². The fourth-order valence-electron chi connectivity index (χ4n) is 1.14. The number of nitrogens with zero attached hydrogens (tertiary/aromatic N) is 2. The van der Waals surface area contributed by atoms with Crippen LogP contribution < -0.4 is 0 Å². The third-order valence-corrected chi connectivity index (χ3v) is 2.02. The molecule has 0 saturated carbocycles. The largest absolute Gasteiger partial charge is 0.999 e. The van der Waals surface area contributed by atoms with Gasteiger partial charge in [0.1, 0.15) is 0 Å². The van der Waals surface area contributed by atoms with E-state index < -0.39 is 10.2 Å². The minimum Gasteiger partial charge on any atom is -0.999 e. The van der Waals surface area contributed by atoms with Gasteiger partial charge in [-0.3, -0.25) is 0 Å². The van der Waals surface area contributed by atoms with Crippen molar-refractivity contribution in [3.8, 4) is 0 Å². The maximum Gasteiger partial charge on any atom is 0.291 e. The summed E-state index contributed by atoms with van der Waals surface area (Å²) in [6.45, 7) is 0. The molecule has 0 spiro atoms. The van der Waals surface area contributed by atoms with Gasteiger partial charge in [-0.1, -0.05) is 0 Å². The normalized spacial score (nSPS) is 6.71. The fraction of sp³-hybridized carbons (Fsp3) is 0. The Morgan fingerprint density at radius 3 is 0.871 bits per heavy atom. The van der Waals surface area contributed by atoms with E-state index in [1.54, 1.807) is 6.07 Å². The molecule has 0 amide bonds. The van der Waals surface area contributed by atoms with Gasteiger partial charge in [0, 0.05) is 43.4 Å². The molecule has 0 fully saturated rings. The van der Waals surface area contributed by atoms with Crippen LogP contribution in [0.2, 0.25) is 0 Å². The molecule has 0 aliphatic heterocycles. The zero-order valence-corrected chi connectivity index (χ0v) is 19.3. The molecule has 31 heavy (non-hydrogen) atoms. The standard InChI is InChI=1S/3C5H5.C5H.2HNO3.H2O.2Ti/c4*1-2-4-5-3-1;2*2-1(3)4;;;/h3*1-5H;1H;2*(H,2,3,4);1H2;;/q3*-1;-5;;;;;. The van der Waals surface area contributed by atoms with Crippen LogP contribution >= 0.6 is 0 Å². The Bertz CT molecular complexity index is 522. The van der Waals surface area contributed by atoms with Crippen LogP contribution in [0.25, 0.3) is 0 Å². The Labute approximate surface area is 210 Å². The molecule has 0 atom stereocenters. The smallest absolute Gasteiger partial charge is 0.291 e.